The summed E-state index contributed by atoms with van der Waals surface area (Å²) in [7, 11) is 0. The molecule has 5 aliphatic carbocycles. The Morgan fingerprint density at radius 3 is 0.990 bits per heavy atom. The van der Waals surface area contributed by atoms with Gasteiger partial charge in [0.2, 0.25) is 0 Å². The molecule has 0 amide bonds. The first-order valence-electron chi connectivity index (χ1n) is 36.7. The molecular weight excluding hydrogens is 1350 g/mol. The van der Waals surface area contributed by atoms with Crippen molar-refractivity contribution >= 4 is 10.8 Å². The summed E-state index contributed by atoms with van der Waals surface area (Å²) in [6.45, 7) is 19.2. The molecule has 97 heavy (non-hydrogen) atoms. The summed E-state index contributed by atoms with van der Waals surface area (Å²) in [4.78, 5) is 5.36. The molecule has 0 N–H and O–H groups in total. The number of pyridine rings is 1. The fourth-order valence-corrected chi connectivity index (χ4v) is 20.1. The van der Waals surface area contributed by atoms with E-state index in [2.05, 4.69) is 286 Å². The average molecular weight is 1440 g/mol. The zero-order valence-electron chi connectivity index (χ0n) is 57.9. The van der Waals surface area contributed by atoms with E-state index in [0.717, 1.165) is 62.6 Å². The van der Waals surface area contributed by atoms with Crippen LogP contribution in [0.5, 0.6) is 0 Å². The van der Waals surface area contributed by atoms with Crippen LogP contribution < -0.4 is 0 Å². The third-order valence-corrected chi connectivity index (χ3v) is 25.6. The summed E-state index contributed by atoms with van der Waals surface area (Å²) >= 11 is 0. The molecule has 0 unspecified atom stereocenters. The van der Waals surface area contributed by atoms with Crippen molar-refractivity contribution in [3.63, 3.8) is 0 Å². The van der Waals surface area contributed by atoms with Gasteiger partial charge in [-0.1, -0.05) is 220 Å². The minimum atomic E-state index is -0.145. The van der Waals surface area contributed by atoms with Gasteiger partial charge < -0.3 is 4.98 Å². The Morgan fingerprint density at radius 2 is 0.619 bits per heavy atom. The number of hydrogen-bond acceptors (Lipinski definition) is 1. The maximum atomic E-state index is 5.36. The summed E-state index contributed by atoms with van der Waals surface area (Å²) in [5.74, 6) is 0.561. The standard InChI is InChI=1S/C95H88N.Ir/c1-9-92(10-2)83-35-24-22-32-73(83)75-43-37-62(53-85(75)92)64-39-45-77-79-47-41-66(57-89(79)94(13-5,14-6)87(77)55-64)70-50-69(61-29-26-30-68(49-61)91-81-34-21-20-31-72(81)82(59-96-91)60-27-18-17-19-28-60)51-71(52-70)67-42-48-80-78-46-40-65(56-88(78)95(15-7,16-8)90(80)58-67)63-38-44-76-74-33-23-25-36-84(74)93(11-3,12-4)86(76)54-63;/h20-26,29,31-60H,9-19,27-28H2,1-8H3;/q-1;. The molecule has 1 radical (unpaired) electrons. The van der Waals surface area contributed by atoms with Gasteiger partial charge in [-0.3, -0.25) is 0 Å². The van der Waals surface area contributed by atoms with E-state index in [4.69, 9.17) is 4.98 Å². The Hall–Kier alpha value is -8.52. The van der Waals surface area contributed by atoms with Gasteiger partial charge in [-0.15, -0.1) is 35.4 Å². The van der Waals surface area contributed by atoms with Crippen molar-refractivity contribution < 1.29 is 20.1 Å². The van der Waals surface area contributed by atoms with E-state index >= 15 is 0 Å². The Bertz CT molecular complexity index is 4860. The fraction of sp³-hybridized carbons (Fsp3) is 0.274. The van der Waals surface area contributed by atoms with Crippen molar-refractivity contribution in [1.29, 1.82) is 0 Å². The molecule has 1 aromatic heterocycles. The van der Waals surface area contributed by atoms with Gasteiger partial charge in [0.15, 0.2) is 0 Å². The first-order chi connectivity index (χ1) is 47.1. The van der Waals surface area contributed by atoms with Gasteiger partial charge in [0, 0.05) is 48.0 Å². The Labute approximate surface area is 590 Å². The number of hydrogen-bond donors (Lipinski definition) is 0. The van der Waals surface area contributed by atoms with E-state index in [1.165, 1.54) is 193 Å². The molecule has 11 aromatic carbocycles. The molecule has 0 saturated heterocycles. The zero-order valence-corrected chi connectivity index (χ0v) is 60.3. The van der Waals surface area contributed by atoms with Crippen LogP contribution in [0.25, 0.3) is 122 Å². The maximum Gasteiger partial charge on any atom is 0.0210 e. The Morgan fingerprint density at radius 1 is 0.309 bits per heavy atom. The Kier molecular flexibility index (Phi) is 16.0. The first-order valence-corrected chi connectivity index (χ1v) is 36.7. The zero-order chi connectivity index (χ0) is 65.2. The van der Waals surface area contributed by atoms with Gasteiger partial charge in [-0.2, -0.15) is 0 Å². The molecule has 2 heteroatoms. The molecule has 1 heterocycles. The van der Waals surface area contributed by atoms with Gasteiger partial charge in [-0.25, -0.2) is 0 Å². The van der Waals surface area contributed by atoms with Crippen LogP contribution in [0.4, 0.5) is 0 Å². The van der Waals surface area contributed by atoms with E-state index in [-0.39, 0.29) is 41.8 Å². The quantitative estimate of drug-likeness (QED) is 0.0933. The number of rotatable bonds is 15. The van der Waals surface area contributed by atoms with E-state index in [9.17, 15) is 0 Å². The smallest absolute Gasteiger partial charge is 0.0210 e. The van der Waals surface area contributed by atoms with Crippen molar-refractivity contribution in [2.24, 2.45) is 0 Å². The Balaban J connectivity index is 0.00000738. The summed E-state index contributed by atoms with van der Waals surface area (Å²) in [5.41, 5.74) is 38.6. The van der Waals surface area contributed by atoms with Crippen molar-refractivity contribution in [3.05, 3.63) is 281 Å². The van der Waals surface area contributed by atoms with Crippen LogP contribution in [0, 0.1) is 6.07 Å². The number of nitrogens with zero attached hydrogens (tertiary/aromatic N) is 1. The van der Waals surface area contributed by atoms with E-state index in [1.807, 2.05) is 0 Å². The normalized spacial score (nSPS) is 16.0. The van der Waals surface area contributed by atoms with Crippen LogP contribution in [-0.2, 0) is 41.8 Å². The minimum absolute atomic E-state index is 0. The molecule has 0 spiro atoms. The molecular formula is C95H88IrN-. The predicted octanol–water partition coefficient (Wildman–Crippen LogP) is 26.4. The molecule has 1 fully saturated rings. The third-order valence-electron chi connectivity index (χ3n) is 25.6. The van der Waals surface area contributed by atoms with E-state index in [1.54, 1.807) is 0 Å². The van der Waals surface area contributed by atoms with Crippen molar-refractivity contribution in [2.45, 2.75) is 166 Å². The van der Waals surface area contributed by atoms with E-state index < -0.39 is 0 Å². The second-order valence-corrected chi connectivity index (χ2v) is 29.0. The van der Waals surface area contributed by atoms with Crippen LogP contribution in [-0.4, -0.2) is 4.98 Å². The van der Waals surface area contributed by atoms with Gasteiger partial charge in [0.25, 0.3) is 0 Å². The van der Waals surface area contributed by atoms with Crippen LogP contribution in [0.2, 0.25) is 0 Å². The summed E-state index contributed by atoms with van der Waals surface area (Å²) in [6.07, 6.45) is 17.0. The largest absolute Gasteiger partial charge is 0.304 e. The molecule has 12 aromatic rings. The molecule has 0 aliphatic heterocycles. The molecule has 1 nitrogen and oxygen atoms in total. The fourth-order valence-electron chi connectivity index (χ4n) is 20.1. The van der Waals surface area contributed by atoms with Crippen LogP contribution in [0.1, 0.15) is 195 Å². The van der Waals surface area contributed by atoms with Crippen LogP contribution >= 0.6 is 0 Å². The third kappa shape index (κ3) is 9.35. The molecule has 17 rings (SSSR count). The van der Waals surface area contributed by atoms with Crippen molar-refractivity contribution in [3.8, 4) is 111 Å². The maximum absolute atomic E-state index is 5.36. The van der Waals surface area contributed by atoms with Gasteiger partial charge in [0.1, 0.15) is 0 Å². The van der Waals surface area contributed by atoms with Crippen LogP contribution in [0.15, 0.2) is 225 Å². The summed E-state index contributed by atoms with van der Waals surface area (Å²) in [6, 6.07) is 89.7. The van der Waals surface area contributed by atoms with Crippen molar-refractivity contribution in [1.82, 2.24) is 4.98 Å². The predicted molar refractivity (Wildman–Crippen MR) is 406 cm³/mol. The first kappa shape index (κ1) is 63.2. The molecule has 1 saturated carbocycles. The number of aromatic nitrogens is 1. The van der Waals surface area contributed by atoms with Crippen molar-refractivity contribution in [2.75, 3.05) is 0 Å². The second-order valence-electron chi connectivity index (χ2n) is 29.0. The number of fused-ring (bicyclic) bond motifs is 13. The summed E-state index contributed by atoms with van der Waals surface area (Å²) < 4.78 is 0. The van der Waals surface area contributed by atoms with Gasteiger partial charge in [-0.05, 0) is 286 Å². The van der Waals surface area contributed by atoms with E-state index in [0.29, 0.717) is 5.92 Å². The second kappa shape index (κ2) is 24.5. The minimum Gasteiger partial charge on any atom is -0.304 e. The van der Waals surface area contributed by atoms with Gasteiger partial charge in [0.05, 0.1) is 0 Å². The topological polar surface area (TPSA) is 12.9 Å². The molecule has 0 bridgehead atoms. The monoisotopic (exact) mass is 1440 g/mol. The van der Waals surface area contributed by atoms with Gasteiger partial charge >= 0.3 is 0 Å². The number of benzene rings is 11. The summed E-state index contributed by atoms with van der Waals surface area (Å²) in [5, 5.41) is 2.55. The molecule has 5 aliphatic rings. The SMILES string of the molecule is CCC1(CC)c2ccccc2-c2ccc(-c3ccc4c(c3)C(CC)(CC)c3cc(-c5cc(-c6cc[c-]c(-c7ncc(C8CCCCC8)c8ccccc78)c6)cc(-c6ccc7c(c6)C(CC)(CC)c6cc(-c8ccc9c(c8)C(CC)(CC)c8ccccc8-9)ccc6-7)c5)ccc3-4)cc21.[Ir]. The molecule has 0 atom stereocenters. The molecule has 483 valence electrons. The van der Waals surface area contributed by atoms with Crippen LogP contribution in [0.3, 0.4) is 0 Å². The average Bonchev–Trinajstić information content (AvgIpc) is 1.54.